The van der Waals surface area contributed by atoms with Crippen molar-refractivity contribution in [3.8, 4) is 0 Å². The number of pyridine rings is 1. The molecule has 0 saturated heterocycles. The number of carbonyl (C=O) groups is 2. The van der Waals surface area contributed by atoms with Gasteiger partial charge in [-0.3, -0.25) is 0 Å². The summed E-state index contributed by atoms with van der Waals surface area (Å²) >= 11 is 1.31. The summed E-state index contributed by atoms with van der Waals surface area (Å²) in [6.45, 7) is 0.567. The van der Waals surface area contributed by atoms with E-state index in [-0.39, 0.29) is 11.4 Å². The first-order valence-corrected chi connectivity index (χ1v) is 6.94. The van der Waals surface area contributed by atoms with Crippen molar-refractivity contribution < 1.29 is 19.4 Å². The number of carboxylic acids is 1. The van der Waals surface area contributed by atoms with Gasteiger partial charge in [0.05, 0.1) is 12.1 Å². The van der Waals surface area contributed by atoms with E-state index in [1.807, 2.05) is 0 Å². The van der Waals surface area contributed by atoms with Crippen LogP contribution in [-0.4, -0.2) is 40.7 Å². The van der Waals surface area contributed by atoms with Crippen LogP contribution in [0.1, 0.15) is 26.0 Å². The summed E-state index contributed by atoms with van der Waals surface area (Å²) in [6.07, 6.45) is 2.11. The number of carbonyl (C=O) groups excluding carboxylic acids is 1. The van der Waals surface area contributed by atoms with Gasteiger partial charge in [-0.1, -0.05) is 0 Å². The van der Waals surface area contributed by atoms with Crippen LogP contribution in [0.15, 0.2) is 23.7 Å². The van der Waals surface area contributed by atoms with Crippen molar-refractivity contribution >= 4 is 29.0 Å². The quantitative estimate of drug-likeness (QED) is 0.783. The van der Waals surface area contributed by atoms with Crippen molar-refractivity contribution in [2.75, 3.05) is 19.0 Å². The molecule has 8 heteroatoms. The van der Waals surface area contributed by atoms with Crippen LogP contribution in [-0.2, 0) is 11.2 Å². The lowest BCUT2D eigenvalue weighted by Gasteiger charge is -2.06. The van der Waals surface area contributed by atoms with Crippen LogP contribution in [0.25, 0.3) is 0 Å². The Morgan fingerprint density at radius 3 is 2.90 bits per heavy atom. The van der Waals surface area contributed by atoms with E-state index < -0.39 is 11.9 Å². The predicted molar refractivity (Wildman–Crippen MR) is 76.8 cm³/mol. The third kappa shape index (κ3) is 3.99. The Bertz CT molecular complexity index is 656. The van der Waals surface area contributed by atoms with Crippen molar-refractivity contribution in [2.24, 2.45) is 0 Å². The summed E-state index contributed by atoms with van der Waals surface area (Å²) in [7, 11) is 1.30. The van der Waals surface area contributed by atoms with Crippen LogP contribution in [0.3, 0.4) is 0 Å². The standard InChI is InChI=1S/C13H13N3O4S/c1-20-13(19)9-6-8(2-4-15-9)14-5-3-11-16-10(7-21-11)12(17)18/h2,4,6-7H,3,5H2,1H3,(H,14,15)(H,17,18). The number of aromatic nitrogens is 2. The fraction of sp³-hybridized carbons (Fsp3) is 0.231. The molecule has 0 aliphatic heterocycles. The normalized spacial score (nSPS) is 10.1. The molecule has 0 aliphatic carbocycles. The minimum atomic E-state index is -1.03. The molecule has 0 aliphatic rings. The van der Waals surface area contributed by atoms with E-state index in [1.54, 1.807) is 12.1 Å². The third-order valence-corrected chi connectivity index (χ3v) is 3.50. The van der Waals surface area contributed by atoms with E-state index in [0.717, 1.165) is 10.7 Å². The number of nitrogens with zero attached hydrogens (tertiary/aromatic N) is 2. The lowest BCUT2D eigenvalue weighted by Crippen LogP contribution is -2.08. The van der Waals surface area contributed by atoms with Gasteiger partial charge in [0.15, 0.2) is 5.69 Å². The van der Waals surface area contributed by atoms with Gasteiger partial charge in [0.1, 0.15) is 5.69 Å². The molecule has 0 radical (unpaired) electrons. The van der Waals surface area contributed by atoms with Gasteiger partial charge in [0.2, 0.25) is 0 Å². The average molecular weight is 307 g/mol. The van der Waals surface area contributed by atoms with Gasteiger partial charge in [-0.05, 0) is 12.1 Å². The molecule has 0 aromatic carbocycles. The largest absolute Gasteiger partial charge is 0.476 e. The lowest BCUT2D eigenvalue weighted by molar-refractivity contribution is 0.0593. The number of hydrogen-bond acceptors (Lipinski definition) is 7. The van der Waals surface area contributed by atoms with Gasteiger partial charge in [0.25, 0.3) is 0 Å². The number of ether oxygens (including phenoxy) is 1. The molecule has 0 spiro atoms. The first-order valence-electron chi connectivity index (χ1n) is 6.06. The molecule has 2 aromatic rings. The number of anilines is 1. The third-order valence-electron chi connectivity index (χ3n) is 2.59. The van der Waals surface area contributed by atoms with Crippen molar-refractivity contribution in [1.82, 2.24) is 9.97 Å². The highest BCUT2D eigenvalue weighted by Gasteiger charge is 2.09. The summed E-state index contributed by atoms with van der Waals surface area (Å²) in [5.41, 5.74) is 1.03. The van der Waals surface area contributed by atoms with Crippen molar-refractivity contribution in [3.63, 3.8) is 0 Å². The van der Waals surface area contributed by atoms with E-state index in [0.29, 0.717) is 13.0 Å². The second-order valence-corrected chi connectivity index (χ2v) is 4.97. The molecule has 110 valence electrons. The summed E-state index contributed by atoms with van der Waals surface area (Å²) in [5, 5.41) is 14.2. The Hall–Kier alpha value is -2.48. The molecular weight excluding hydrogens is 294 g/mol. The molecule has 0 fully saturated rings. The summed E-state index contributed by atoms with van der Waals surface area (Å²) in [4.78, 5) is 30.0. The summed E-state index contributed by atoms with van der Waals surface area (Å²) < 4.78 is 4.60. The van der Waals surface area contributed by atoms with Crippen LogP contribution in [0, 0.1) is 0 Å². The first kappa shape index (κ1) is 14.9. The van der Waals surface area contributed by atoms with E-state index in [1.165, 1.54) is 30.0 Å². The maximum atomic E-state index is 11.4. The highest BCUT2D eigenvalue weighted by molar-refractivity contribution is 7.09. The van der Waals surface area contributed by atoms with Crippen LogP contribution in [0.4, 0.5) is 5.69 Å². The monoisotopic (exact) mass is 307 g/mol. The number of rotatable bonds is 6. The van der Waals surface area contributed by atoms with Gasteiger partial charge in [-0.2, -0.15) is 0 Å². The van der Waals surface area contributed by atoms with E-state index in [2.05, 4.69) is 20.0 Å². The number of esters is 1. The predicted octanol–water partition coefficient (Wildman–Crippen LogP) is 1.68. The minimum absolute atomic E-state index is 0.0619. The Morgan fingerprint density at radius 1 is 1.43 bits per heavy atom. The van der Waals surface area contributed by atoms with Gasteiger partial charge in [-0.25, -0.2) is 19.6 Å². The number of carboxylic acid groups (broad SMARTS) is 1. The maximum absolute atomic E-state index is 11.4. The molecule has 0 amide bonds. The van der Waals surface area contributed by atoms with Gasteiger partial charge >= 0.3 is 11.9 Å². The minimum Gasteiger partial charge on any atom is -0.476 e. The molecule has 0 saturated carbocycles. The van der Waals surface area contributed by atoms with Gasteiger partial charge < -0.3 is 15.2 Å². The second kappa shape index (κ2) is 6.80. The SMILES string of the molecule is COC(=O)c1cc(NCCc2nc(C(=O)O)cs2)ccn1. The van der Waals surface area contributed by atoms with E-state index >= 15 is 0 Å². The molecule has 2 rings (SSSR count). The Morgan fingerprint density at radius 2 is 2.24 bits per heavy atom. The zero-order valence-electron chi connectivity index (χ0n) is 11.2. The highest BCUT2D eigenvalue weighted by atomic mass is 32.1. The maximum Gasteiger partial charge on any atom is 0.356 e. The molecule has 2 aromatic heterocycles. The Kier molecular flexibility index (Phi) is 4.83. The van der Waals surface area contributed by atoms with Crippen molar-refractivity contribution in [2.45, 2.75) is 6.42 Å². The molecule has 2 heterocycles. The van der Waals surface area contributed by atoms with Crippen molar-refractivity contribution in [1.29, 1.82) is 0 Å². The van der Waals surface area contributed by atoms with Crippen LogP contribution >= 0.6 is 11.3 Å². The first-order chi connectivity index (χ1) is 10.1. The molecule has 0 unspecified atom stereocenters. The summed E-state index contributed by atoms with van der Waals surface area (Å²) in [5.74, 6) is -1.52. The van der Waals surface area contributed by atoms with E-state index in [9.17, 15) is 9.59 Å². The highest BCUT2D eigenvalue weighted by Crippen LogP contribution is 2.12. The topological polar surface area (TPSA) is 101 Å². The average Bonchev–Trinajstić information content (AvgIpc) is 2.96. The fourth-order valence-electron chi connectivity index (χ4n) is 1.59. The Labute approximate surface area is 124 Å². The molecule has 0 atom stereocenters. The second-order valence-electron chi connectivity index (χ2n) is 4.03. The lowest BCUT2D eigenvalue weighted by atomic mass is 10.3. The number of thiazole rings is 1. The van der Waals surface area contributed by atoms with Gasteiger partial charge in [-0.15, -0.1) is 11.3 Å². The zero-order chi connectivity index (χ0) is 15.2. The zero-order valence-corrected chi connectivity index (χ0v) is 12.0. The molecule has 0 bridgehead atoms. The number of nitrogens with one attached hydrogen (secondary N) is 1. The van der Waals surface area contributed by atoms with Crippen LogP contribution < -0.4 is 5.32 Å². The van der Waals surface area contributed by atoms with Crippen LogP contribution in [0.2, 0.25) is 0 Å². The van der Waals surface area contributed by atoms with E-state index in [4.69, 9.17) is 5.11 Å². The molecule has 7 nitrogen and oxygen atoms in total. The van der Waals surface area contributed by atoms with Crippen molar-refractivity contribution in [3.05, 3.63) is 40.1 Å². The smallest absolute Gasteiger partial charge is 0.356 e. The van der Waals surface area contributed by atoms with Gasteiger partial charge in [0, 0.05) is 30.2 Å². The molecular formula is C13H13N3O4S. The molecule has 21 heavy (non-hydrogen) atoms. The summed E-state index contributed by atoms with van der Waals surface area (Å²) in [6, 6.07) is 3.33. The number of hydrogen-bond donors (Lipinski definition) is 2. The Balaban J connectivity index is 1.91. The fourth-order valence-corrected chi connectivity index (χ4v) is 2.37. The number of methoxy groups -OCH3 is 1. The van der Waals surface area contributed by atoms with Crippen LogP contribution in [0.5, 0.6) is 0 Å². The number of aromatic carboxylic acids is 1. The molecule has 2 N–H and O–H groups in total.